The second-order valence-corrected chi connectivity index (χ2v) is 20.6. The van der Waals surface area contributed by atoms with Crippen LogP contribution in [0.25, 0.3) is 33.4 Å². The smallest absolute Gasteiger partial charge is 0.324 e. The minimum absolute atomic E-state index is 0.0576. The third-order valence-corrected chi connectivity index (χ3v) is 15.8. The summed E-state index contributed by atoms with van der Waals surface area (Å²) in [6.45, 7) is 17.9. The monoisotopic (exact) mass is 924 g/mol. The lowest BCUT2D eigenvalue weighted by atomic mass is 9.91. The number of carbonyl (C=O) groups excluding carboxylic acids is 3. The number of anilines is 1. The Balaban J connectivity index is 1.22. The van der Waals surface area contributed by atoms with Gasteiger partial charge in [0.2, 0.25) is 5.91 Å². The van der Waals surface area contributed by atoms with Gasteiger partial charge in [0, 0.05) is 91.7 Å². The van der Waals surface area contributed by atoms with Gasteiger partial charge in [0.05, 0.1) is 54.4 Å². The van der Waals surface area contributed by atoms with Crippen molar-refractivity contribution in [1.82, 2.24) is 35.2 Å². The Morgan fingerprint density at radius 2 is 1.85 bits per heavy atom. The van der Waals surface area contributed by atoms with E-state index in [1.54, 1.807) is 7.11 Å². The molecule has 5 aliphatic rings. The number of hydrazine groups is 1. The number of thiazole rings is 1. The summed E-state index contributed by atoms with van der Waals surface area (Å²) in [6, 6.07) is 7.05. The number of cyclic esters (lactones) is 1. The van der Waals surface area contributed by atoms with Crippen LogP contribution in [0.3, 0.4) is 0 Å². The summed E-state index contributed by atoms with van der Waals surface area (Å²) in [5.74, 6) is -0.703. The molecule has 4 aromatic rings. The van der Waals surface area contributed by atoms with Gasteiger partial charge in [-0.2, -0.15) is 0 Å². The number of esters is 1. The second-order valence-electron chi connectivity index (χ2n) is 19.7. The molecule has 2 aliphatic carbocycles. The summed E-state index contributed by atoms with van der Waals surface area (Å²) < 4.78 is 27.4. The van der Waals surface area contributed by atoms with Gasteiger partial charge >= 0.3 is 5.97 Å². The number of nitrogens with one attached hydrogen (secondary N) is 2. The zero-order valence-electron chi connectivity index (χ0n) is 39.9. The van der Waals surface area contributed by atoms with Gasteiger partial charge in [0.1, 0.15) is 23.2 Å². The Hall–Kier alpha value is -4.45. The number of methoxy groups -OCH3 is 1. The molecule has 1 spiro atoms. The fraction of sp³-hybridized carbons (Fsp3) is 0.620. The molecule has 2 N–H and O–H groups in total. The Labute approximate surface area is 392 Å². The van der Waals surface area contributed by atoms with Gasteiger partial charge in [-0.05, 0) is 102 Å². The van der Waals surface area contributed by atoms with E-state index in [0.717, 1.165) is 89.4 Å². The molecule has 3 aliphatic heterocycles. The van der Waals surface area contributed by atoms with E-state index in [1.807, 2.05) is 18.5 Å². The molecule has 9 rings (SSSR count). The molecule has 66 heavy (non-hydrogen) atoms. The molecule has 16 heteroatoms. The third-order valence-electron chi connectivity index (χ3n) is 14.9. The minimum Gasteiger partial charge on any atom is -0.464 e. The standard InChI is InChI=1S/C50H68N8O7S/c1-9-63-45-43(53-46(59)41-30(4)31(41)5)48(60)58-16-10-11-38(54-58)49(61)65-28-50(14-15-50)25-37-35-23-33(39-27-66-47(45)52-39)12-13-40(35)57(21-22-64-29(2)3)44(37)36-24-34(26-51-42(36)32(6)62-8)56-19-17-55(7)18-20-56/h12-13,23-24,26-27,29-32,38,41,43,45,54H,9-11,14-22,25,28H2,1-8H3,(H,53,59)/t30-,31+,32-,38-,41+,43-,45-/m0/s1. The average molecular weight is 925 g/mol. The summed E-state index contributed by atoms with van der Waals surface area (Å²) >= 11 is 1.42. The molecule has 1 aromatic carbocycles. The molecule has 0 radical (unpaired) electrons. The minimum atomic E-state index is -1.08. The molecule has 2 saturated carbocycles. The van der Waals surface area contributed by atoms with Crippen LogP contribution in [0.5, 0.6) is 0 Å². The average Bonchev–Trinajstić information content (AvgIpc) is 4.09. The molecule has 4 fully saturated rings. The van der Waals surface area contributed by atoms with Crippen LogP contribution in [0.2, 0.25) is 0 Å². The topological polar surface area (TPSA) is 153 Å². The molecular weight excluding hydrogens is 857 g/mol. The van der Waals surface area contributed by atoms with Gasteiger partial charge in [0.15, 0.2) is 0 Å². The zero-order valence-corrected chi connectivity index (χ0v) is 40.7. The van der Waals surface area contributed by atoms with Crippen molar-refractivity contribution in [1.29, 1.82) is 0 Å². The van der Waals surface area contributed by atoms with Gasteiger partial charge in [0.25, 0.3) is 5.91 Å². The van der Waals surface area contributed by atoms with E-state index in [2.05, 4.69) is 91.0 Å². The van der Waals surface area contributed by atoms with Crippen LogP contribution in [-0.4, -0.2) is 127 Å². The highest BCUT2D eigenvalue weighted by Crippen LogP contribution is 2.52. The number of aromatic nitrogens is 3. The highest BCUT2D eigenvalue weighted by Gasteiger charge is 2.51. The number of benzene rings is 1. The third kappa shape index (κ3) is 9.38. The summed E-state index contributed by atoms with van der Waals surface area (Å²) in [6.07, 6.45) is 4.48. The van der Waals surface area contributed by atoms with Crippen molar-refractivity contribution >= 4 is 45.7 Å². The number of pyridine rings is 1. The lowest BCUT2D eigenvalue weighted by Crippen LogP contribution is -2.61. The molecule has 7 atom stereocenters. The van der Waals surface area contributed by atoms with Crippen molar-refractivity contribution in [3.63, 3.8) is 0 Å². The van der Waals surface area contributed by atoms with Crippen molar-refractivity contribution in [2.75, 3.05) is 71.6 Å². The molecule has 6 bridgehead atoms. The largest absolute Gasteiger partial charge is 0.464 e. The Kier molecular flexibility index (Phi) is 13.6. The molecule has 0 unspecified atom stereocenters. The van der Waals surface area contributed by atoms with Crippen LogP contribution in [0.4, 0.5) is 5.69 Å². The number of rotatable bonds is 12. The number of nitrogens with zero attached hydrogens (tertiary/aromatic N) is 6. The number of likely N-dealkylation sites (N-methyl/N-ethyl adjacent to an activating group) is 1. The summed E-state index contributed by atoms with van der Waals surface area (Å²) in [7, 11) is 3.90. The fourth-order valence-corrected chi connectivity index (χ4v) is 11.1. The van der Waals surface area contributed by atoms with Crippen LogP contribution in [0, 0.1) is 23.2 Å². The predicted octanol–water partition coefficient (Wildman–Crippen LogP) is 6.55. The molecule has 356 valence electrons. The van der Waals surface area contributed by atoms with Crippen molar-refractivity contribution in [3.05, 3.63) is 52.1 Å². The normalized spacial score (nSPS) is 26.1. The maximum atomic E-state index is 14.7. The first kappa shape index (κ1) is 46.7. The van der Waals surface area contributed by atoms with Crippen LogP contribution in [-0.2, 0) is 46.3 Å². The van der Waals surface area contributed by atoms with E-state index in [1.165, 1.54) is 16.3 Å². The van der Waals surface area contributed by atoms with Crippen molar-refractivity contribution in [2.24, 2.45) is 23.2 Å². The summed E-state index contributed by atoms with van der Waals surface area (Å²) in [5, 5.41) is 8.29. The molecule has 2 amide bonds. The predicted molar refractivity (Wildman–Crippen MR) is 255 cm³/mol. The lowest BCUT2D eigenvalue weighted by molar-refractivity contribution is -0.156. The SMILES string of the molecule is CCO[C@@H]1c2nc(cs2)-c2ccc3c(c2)c(c(-c2cc(N4CCN(C)CC4)cnc2[C@H](C)OC)n3CCOC(C)C)CC2(CC2)COC(=O)[C@@H]2CCCN(N2)C(=O)[C@H]1NC(=O)[C@H]1[C@H](C)[C@@H]1C. The van der Waals surface area contributed by atoms with E-state index in [9.17, 15) is 14.4 Å². The van der Waals surface area contributed by atoms with Crippen LogP contribution in [0.15, 0.2) is 35.8 Å². The van der Waals surface area contributed by atoms with Crippen molar-refractivity contribution < 1.29 is 33.3 Å². The first-order valence-electron chi connectivity index (χ1n) is 24.1. The van der Waals surface area contributed by atoms with Crippen LogP contribution < -0.4 is 15.6 Å². The first-order valence-corrected chi connectivity index (χ1v) is 25.0. The van der Waals surface area contributed by atoms with Crippen LogP contribution >= 0.6 is 11.3 Å². The number of amides is 2. The van der Waals surface area contributed by atoms with E-state index >= 15 is 0 Å². The number of ether oxygens (including phenoxy) is 4. The first-order chi connectivity index (χ1) is 31.8. The Morgan fingerprint density at radius 1 is 1.08 bits per heavy atom. The van der Waals surface area contributed by atoms with Crippen LogP contribution in [0.1, 0.15) is 95.7 Å². The van der Waals surface area contributed by atoms with E-state index < -0.39 is 18.2 Å². The highest BCUT2D eigenvalue weighted by atomic mass is 32.1. The van der Waals surface area contributed by atoms with Gasteiger partial charge in [-0.1, -0.05) is 19.9 Å². The quantitative estimate of drug-likeness (QED) is 0.148. The number of hydrogen-bond donors (Lipinski definition) is 2. The molecular formula is C50H68N8O7S. The van der Waals surface area contributed by atoms with Crippen molar-refractivity contribution in [3.8, 4) is 22.5 Å². The Morgan fingerprint density at radius 3 is 2.55 bits per heavy atom. The van der Waals surface area contributed by atoms with E-state index in [4.69, 9.17) is 28.9 Å². The van der Waals surface area contributed by atoms with Gasteiger partial charge in [-0.15, -0.1) is 11.3 Å². The zero-order chi connectivity index (χ0) is 46.4. The molecule has 3 aromatic heterocycles. The van der Waals surface area contributed by atoms with Crippen molar-refractivity contribution in [2.45, 2.75) is 111 Å². The summed E-state index contributed by atoms with van der Waals surface area (Å²) in [5.41, 5.74) is 10.8. The number of hydrogen-bond acceptors (Lipinski definition) is 13. The molecule has 15 nitrogen and oxygen atoms in total. The highest BCUT2D eigenvalue weighted by molar-refractivity contribution is 7.10. The van der Waals surface area contributed by atoms with Gasteiger partial charge < -0.3 is 38.6 Å². The number of carbonyl (C=O) groups is 3. The van der Waals surface area contributed by atoms with E-state index in [-0.39, 0.29) is 59.8 Å². The molecule has 6 heterocycles. The summed E-state index contributed by atoms with van der Waals surface area (Å²) in [4.78, 5) is 57.8. The lowest BCUT2D eigenvalue weighted by Gasteiger charge is -2.36. The fourth-order valence-electron chi connectivity index (χ4n) is 10.2. The van der Waals surface area contributed by atoms with Gasteiger partial charge in [-0.25, -0.2) is 10.4 Å². The van der Waals surface area contributed by atoms with Gasteiger partial charge in [-0.3, -0.25) is 24.4 Å². The molecule has 2 saturated heterocycles. The van der Waals surface area contributed by atoms with E-state index in [0.29, 0.717) is 50.6 Å². The maximum Gasteiger partial charge on any atom is 0.324 e. The second kappa shape index (κ2) is 19.3. The Bertz CT molecular complexity index is 2420. The number of fused-ring (bicyclic) bond motifs is 6. The maximum absolute atomic E-state index is 14.7. The number of piperazine rings is 1.